The zero-order valence-electron chi connectivity index (χ0n) is 20.0. The number of nitrogens with one attached hydrogen (secondary N) is 1. The highest BCUT2D eigenvalue weighted by Crippen LogP contribution is 2.50. The fraction of sp³-hybridized carbons (Fsp3) is 0.480. The quantitative estimate of drug-likeness (QED) is 0.431. The number of benzene rings is 2. The van der Waals surface area contributed by atoms with Crippen LogP contribution in [0.3, 0.4) is 0 Å². The first-order chi connectivity index (χ1) is 18.0. The van der Waals surface area contributed by atoms with Gasteiger partial charge in [-0.05, 0) is 53.8 Å². The summed E-state index contributed by atoms with van der Waals surface area (Å²) in [7, 11) is 0. The van der Waals surface area contributed by atoms with Crippen molar-refractivity contribution in [1.82, 2.24) is 25.5 Å². The van der Waals surface area contributed by atoms with Crippen LogP contribution in [0, 0.1) is 0 Å². The average molecular weight is 541 g/mol. The van der Waals surface area contributed by atoms with E-state index in [1.807, 2.05) is 30.3 Å². The highest BCUT2D eigenvalue weighted by molar-refractivity contribution is 5.35. The molecule has 4 atom stereocenters. The Hall–Kier alpha value is -3.03. The van der Waals surface area contributed by atoms with Crippen LogP contribution in [0.5, 0.6) is 0 Å². The maximum atomic E-state index is 13.3. The van der Waals surface area contributed by atoms with Crippen molar-refractivity contribution in [3.63, 3.8) is 0 Å². The number of nitrogens with zero attached hydrogens (tertiary/aromatic N) is 4. The lowest BCUT2D eigenvalue weighted by Crippen LogP contribution is -2.54. The lowest BCUT2D eigenvalue weighted by molar-refractivity contribution is -0.143. The van der Waals surface area contributed by atoms with E-state index >= 15 is 0 Å². The predicted octanol–water partition coefficient (Wildman–Crippen LogP) is 4.42. The zero-order valence-corrected chi connectivity index (χ0v) is 20.0. The number of tetrazole rings is 1. The van der Waals surface area contributed by atoms with Crippen LogP contribution in [0.2, 0.25) is 0 Å². The molecular formula is C25H25F6N5O2. The number of ether oxygens (including phenoxy) is 1. The molecule has 204 valence electrons. The second-order valence-corrected chi connectivity index (χ2v) is 9.66. The first-order valence-corrected chi connectivity index (χ1v) is 12.1. The first kappa shape index (κ1) is 26.6. The smallest absolute Gasteiger partial charge is 0.394 e. The fourth-order valence-electron chi connectivity index (χ4n) is 5.56. The summed E-state index contributed by atoms with van der Waals surface area (Å²) in [6.07, 6.45) is -8.75. The molecule has 3 aromatic rings. The molecule has 3 heterocycles. The lowest BCUT2D eigenvalue weighted by atomic mass is 9.80. The van der Waals surface area contributed by atoms with Gasteiger partial charge in [0, 0.05) is 12.0 Å². The summed E-state index contributed by atoms with van der Waals surface area (Å²) in [5, 5.41) is 25.3. The van der Waals surface area contributed by atoms with Gasteiger partial charge in [0.1, 0.15) is 0 Å². The van der Waals surface area contributed by atoms with Crippen molar-refractivity contribution in [1.29, 1.82) is 0 Å². The molecule has 0 saturated carbocycles. The Morgan fingerprint density at radius 2 is 1.68 bits per heavy atom. The number of piperidine rings is 1. The molecule has 2 aliphatic rings. The summed E-state index contributed by atoms with van der Waals surface area (Å²) < 4.78 is 86.2. The Bertz CT molecular complexity index is 1230. The Balaban J connectivity index is 1.44. The number of alkyl halides is 6. The monoisotopic (exact) mass is 541 g/mol. The number of aromatic nitrogens is 4. The highest BCUT2D eigenvalue weighted by Gasteiger charge is 2.55. The lowest BCUT2D eigenvalue weighted by Gasteiger charge is -2.42. The predicted molar refractivity (Wildman–Crippen MR) is 122 cm³/mol. The van der Waals surface area contributed by atoms with Gasteiger partial charge in [0.05, 0.1) is 42.5 Å². The third-order valence-electron chi connectivity index (χ3n) is 7.25. The number of hydrogen-bond acceptors (Lipinski definition) is 6. The van der Waals surface area contributed by atoms with Gasteiger partial charge in [-0.25, -0.2) is 0 Å². The molecule has 0 radical (unpaired) electrons. The largest absolute Gasteiger partial charge is 0.416 e. The molecule has 2 N–H and O–H groups in total. The number of halogens is 6. The molecule has 0 amide bonds. The molecular weight excluding hydrogens is 516 g/mol. The van der Waals surface area contributed by atoms with Crippen LogP contribution >= 0.6 is 0 Å². The van der Waals surface area contributed by atoms with Gasteiger partial charge in [0.15, 0.2) is 5.82 Å². The fourth-order valence-corrected chi connectivity index (χ4v) is 5.56. The standard InChI is InChI=1S/C25H25F6N5O2/c26-24(27,28)17-10-15(11-18(12-17)25(29,30)31)14-38-21-7-6-20-19(22-33-35-36(34-22)8-9-37)13-23(21,32-20)16-4-2-1-3-5-16/h1-5,10-12,19-21,32,37H,6-9,13-14H2. The molecule has 2 bridgehead atoms. The van der Waals surface area contributed by atoms with E-state index in [1.54, 1.807) is 0 Å². The van der Waals surface area contributed by atoms with Gasteiger partial charge in [-0.3, -0.25) is 0 Å². The molecule has 13 heteroatoms. The Kier molecular flexibility index (Phi) is 6.95. The van der Waals surface area contributed by atoms with Crippen molar-refractivity contribution in [3.05, 3.63) is 76.6 Å². The second kappa shape index (κ2) is 9.93. The third-order valence-corrected chi connectivity index (χ3v) is 7.25. The molecule has 2 aromatic carbocycles. The van der Waals surface area contributed by atoms with E-state index in [9.17, 15) is 26.3 Å². The summed E-state index contributed by atoms with van der Waals surface area (Å²) in [6, 6.07) is 10.9. The molecule has 4 unspecified atom stereocenters. The van der Waals surface area contributed by atoms with Crippen LogP contribution in [0.25, 0.3) is 0 Å². The number of aliphatic hydroxyl groups excluding tert-OH is 1. The molecule has 2 fully saturated rings. The Labute approximate surface area is 213 Å². The summed E-state index contributed by atoms with van der Waals surface area (Å²) >= 11 is 0. The SMILES string of the molecule is OCCn1nnc(C2CC3(c4ccccc4)NC2CCC3OCc2cc(C(F)(F)F)cc(C(F)(F)F)c2)n1. The highest BCUT2D eigenvalue weighted by atomic mass is 19.4. The van der Waals surface area contributed by atoms with Gasteiger partial charge >= 0.3 is 12.4 Å². The van der Waals surface area contributed by atoms with E-state index in [1.165, 1.54) is 4.80 Å². The van der Waals surface area contributed by atoms with Crippen molar-refractivity contribution in [3.8, 4) is 0 Å². The Morgan fingerprint density at radius 3 is 2.32 bits per heavy atom. The van der Waals surface area contributed by atoms with Crippen molar-refractivity contribution in [2.75, 3.05) is 6.61 Å². The minimum absolute atomic E-state index is 0.0350. The van der Waals surface area contributed by atoms with Gasteiger partial charge in [-0.1, -0.05) is 30.3 Å². The molecule has 38 heavy (non-hydrogen) atoms. The summed E-state index contributed by atoms with van der Waals surface area (Å²) in [6.45, 7) is -0.365. The molecule has 2 aliphatic heterocycles. The van der Waals surface area contributed by atoms with E-state index in [0.29, 0.717) is 37.2 Å². The second-order valence-electron chi connectivity index (χ2n) is 9.66. The number of fused-ring (bicyclic) bond motifs is 2. The van der Waals surface area contributed by atoms with Crippen molar-refractivity contribution in [2.24, 2.45) is 0 Å². The van der Waals surface area contributed by atoms with Crippen molar-refractivity contribution >= 4 is 0 Å². The molecule has 0 spiro atoms. The summed E-state index contributed by atoms with van der Waals surface area (Å²) in [4.78, 5) is 1.31. The normalized spacial score (nSPS) is 25.6. The number of hydrogen-bond donors (Lipinski definition) is 2. The molecule has 5 rings (SSSR count). The molecule has 7 nitrogen and oxygen atoms in total. The molecule has 2 saturated heterocycles. The first-order valence-electron chi connectivity index (χ1n) is 12.1. The van der Waals surface area contributed by atoms with Crippen molar-refractivity contribution < 1.29 is 36.2 Å². The Morgan fingerprint density at radius 1 is 1.00 bits per heavy atom. The van der Waals surface area contributed by atoms with Crippen LogP contribution in [0.4, 0.5) is 26.3 Å². The average Bonchev–Trinajstić information content (AvgIpc) is 3.46. The minimum atomic E-state index is -4.93. The number of rotatable bonds is 7. The van der Waals surface area contributed by atoms with Gasteiger partial charge < -0.3 is 15.2 Å². The maximum Gasteiger partial charge on any atom is 0.416 e. The van der Waals surface area contributed by atoms with Crippen LogP contribution < -0.4 is 5.32 Å². The summed E-state index contributed by atoms with van der Waals surface area (Å²) in [5.74, 6) is 0.351. The number of aliphatic hydroxyl groups is 1. The minimum Gasteiger partial charge on any atom is -0.394 e. The van der Waals surface area contributed by atoms with Gasteiger partial charge in [-0.15, -0.1) is 10.2 Å². The van der Waals surface area contributed by atoms with E-state index < -0.39 is 41.7 Å². The van der Waals surface area contributed by atoms with E-state index in [-0.39, 0.29) is 36.7 Å². The van der Waals surface area contributed by atoms with E-state index in [2.05, 4.69) is 20.7 Å². The zero-order chi connectivity index (χ0) is 27.1. The van der Waals surface area contributed by atoms with Gasteiger partial charge in [0.25, 0.3) is 0 Å². The van der Waals surface area contributed by atoms with Crippen LogP contribution in [-0.2, 0) is 35.8 Å². The molecule has 0 aliphatic carbocycles. The van der Waals surface area contributed by atoms with Gasteiger partial charge in [0.2, 0.25) is 0 Å². The van der Waals surface area contributed by atoms with E-state index in [0.717, 1.165) is 5.56 Å². The summed E-state index contributed by atoms with van der Waals surface area (Å²) in [5.41, 5.74) is -2.82. The topological polar surface area (TPSA) is 85.1 Å². The van der Waals surface area contributed by atoms with Gasteiger partial charge in [-0.2, -0.15) is 31.1 Å². The third kappa shape index (κ3) is 5.14. The van der Waals surface area contributed by atoms with Crippen LogP contribution in [0.1, 0.15) is 53.3 Å². The van der Waals surface area contributed by atoms with E-state index in [4.69, 9.17) is 9.84 Å². The van der Waals surface area contributed by atoms with Crippen molar-refractivity contribution in [2.45, 2.75) is 68.4 Å². The molecule has 1 aromatic heterocycles. The van der Waals surface area contributed by atoms with Crippen LogP contribution in [-0.4, -0.2) is 44.1 Å². The van der Waals surface area contributed by atoms with Crippen LogP contribution in [0.15, 0.2) is 48.5 Å². The maximum absolute atomic E-state index is 13.3.